The monoisotopic (exact) mass is 423 g/mol. The number of piperidine rings is 1. The number of carbonyl (C=O) groups excluding carboxylic acids is 1. The first-order valence-corrected chi connectivity index (χ1v) is 11.4. The number of carbonyl (C=O) groups is 1. The molecule has 6 nitrogen and oxygen atoms in total. The normalized spacial score (nSPS) is 23.5. The number of aromatic nitrogens is 1. The molecule has 1 saturated heterocycles. The summed E-state index contributed by atoms with van der Waals surface area (Å²) in [6, 6.07) is 13.7. The van der Waals surface area contributed by atoms with E-state index >= 15 is 0 Å². The predicted octanol–water partition coefficient (Wildman–Crippen LogP) is 3.62. The van der Waals surface area contributed by atoms with E-state index in [9.17, 15) is 4.79 Å². The van der Waals surface area contributed by atoms with Crippen molar-refractivity contribution in [1.29, 1.82) is 0 Å². The number of nitrogens with zero attached hydrogens (tertiary/aromatic N) is 3. The maximum absolute atomic E-state index is 13.1. The predicted molar refractivity (Wildman–Crippen MR) is 120 cm³/mol. The average molecular weight is 424 g/mol. The van der Waals surface area contributed by atoms with Crippen LogP contribution in [0.2, 0.25) is 0 Å². The number of hydrogen-bond acceptors (Lipinski definition) is 5. The van der Waals surface area contributed by atoms with Crippen LogP contribution in [-0.4, -0.2) is 66.7 Å². The van der Waals surface area contributed by atoms with Crippen molar-refractivity contribution in [3.63, 3.8) is 0 Å². The summed E-state index contributed by atoms with van der Waals surface area (Å²) in [6.07, 6.45) is 6.30. The SMILES string of the molecule is CO[C@H]1CCN2C[C@H]1CCCCN(Cc1ccccn1)CCOc1cccc(c1)C2=O. The van der Waals surface area contributed by atoms with E-state index < -0.39 is 0 Å². The summed E-state index contributed by atoms with van der Waals surface area (Å²) in [6.45, 7) is 4.75. The Labute approximate surface area is 185 Å². The van der Waals surface area contributed by atoms with Crippen molar-refractivity contribution < 1.29 is 14.3 Å². The minimum Gasteiger partial charge on any atom is -0.492 e. The van der Waals surface area contributed by atoms with Crippen LogP contribution in [0, 0.1) is 5.92 Å². The largest absolute Gasteiger partial charge is 0.492 e. The molecule has 2 aromatic rings. The standard InChI is InChI=1S/C25H33N3O3/c1-30-24-11-14-28-18-21(24)7-3-5-13-27(19-22-9-2-4-12-26-22)15-16-31-23-10-6-8-20(17-23)25(28)29/h2,4,6,8-10,12,17,21,24H,3,5,7,11,13-16,18-19H2,1H3/t21-,24+/m1/s1. The third-order valence-corrected chi connectivity index (χ3v) is 6.42. The molecule has 2 atom stereocenters. The van der Waals surface area contributed by atoms with E-state index in [4.69, 9.17) is 9.47 Å². The summed E-state index contributed by atoms with van der Waals surface area (Å²) >= 11 is 0. The van der Waals surface area contributed by atoms with Gasteiger partial charge in [-0.05, 0) is 56.1 Å². The summed E-state index contributed by atoms with van der Waals surface area (Å²) in [5.74, 6) is 1.23. The zero-order valence-electron chi connectivity index (χ0n) is 18.4. The lowest BCUT2D eigenvalue weighted by molar-refractivity contribution is -0.00676. The van der Waals surface area contributed by atoms with Gasteiger partial charge in [0.25, 0.3) is 5.91 Å². The molecule has 0 aliphatic carbocycles. The molecule has 0 N–H and O–H groups in total. The molecule has 0 saturated carbocycles. The van der Waals surface area contributed by atoms with Crippen LogP contribution in [0.15, 0.2) is 48.7 Å². The van der Waals surface area contributed by atoms with Gasteiger partial charge in [-0.2, -0.15) is 0 Å². The molecular weight excluding hydrogens is 390 g/mol. The van der Waals surface area contributed by atoms with Crippen molar-refractivity contribution in [2.24, 2.45) is 5.92 Å². The Morgan fingerprint density at radius 2 is 2.03 bits per heavy atom. The molecule has 1 fully saturated rings. The van der Waals surface area contributed by atoms with Gasteiger partial charge in [-0.3, -0.25) is 14.7 Å². The number of rotatable bonds is 3. The highest BCUT2D eigenvalue weighted by Gasteiger charge is 2.31. The van der Waals surface area contributed by atoms with Gasteiger partial charge >= 0.3 is 0 Å². The lowest BCUT2D eigenvalue weighted by Crippen LogP contribution is -2.46. The first-order valence-electron chi connectivity index (χ1n) is 11.4. The summed E-state index contributed by atoms with van der Waals surface area (Å²) in [5.41, 5.74) is 1.78. The molecule has 1 aromatic carbocycles. The Morgan fingerprint density at radius 1 is 1.10 bits per heavy atom. The van der Waals surface area contributed by atoms with E-state index in [1.807, 2.05) is 47.5 Å². The number of benzene rings is 1. The molecule has 4 bridgehead atoms. The highest BCUT2D eigenvalue weighted by molar-refractivity contribution is 5.94. The van der Waals surface area contributed by atoms with Crippen LogP contribution < -0.4 is 4.74 Å². The number of methoxy groups -OCH3 is 1. The highest BCUT2D eigenvalue weighted by Crippen LogP contribution is 2.27. The van der Waals surface area contributed by atoms with Crippen LogP contribution in [0.1, 0.15) is 41.7 Å². The van der Waals surface area contributed by atoms with E-state index in [1.54, 1.807) is 7.11 Å². The van der Waals surface area contributed by atoms with E-state index in [0.29, 0.717) is 18.1 Å². The van der Waals surface area contributed by atoms with Crippen molar-refractivity contribution >= 4 is 5.91 Å². The second-order valence-electron chi connectivity index (χ2n) is 8.54. The molecule has 1 amide bonds. The minimum absolute atomic E-state index is 0.0941. The van der Waals surface area contributed by atoms with Crippen LogP contribution in [0.5, 0.6) is 5.75 Å². The first kappa shape index (κ1) is 21.8. The van der Waals surface area contributed by atoms with Crippen molar-refractivity contribution in [2.45, 2.75) is 38.3 Å². The van der Waals surface area contributed by atoms with Crippen LogP contribution in [-0.2, 0) is 11.3 Å². The maximum Gasteiger partial charge on any atom is 0.254 e. The molecule has 166 valence electrons. The van der Waals surface area contributed by atoms with E-state index in [0.717, 1.165) is 69.9 Å². The van der Waals surface area contributed by atoms with Gasteiger partial charge in [-0.15, -0.1) is 0 Å². The third-order valence-electron chi connectivity index (χ3n) is 6.42. The molecule has 4 rings (SSSR count). The maximum atomic E-state index is 13.1. The zero-order chi connectivity index (χ0) is 21.5. The van der Waals surface area contributed by atoms with E-state index in [-0.39, 0.29) is 12.0 Å². The number of fused-ring (bicyclic) bond motifs is 4. The van der Waals surface area contributed by atoms with Gasteiger partial charge in [-0.25, -0.2) is 0 Å². The number of amides is 1. The second kappa shape index (κ2) is 10.7. The topological polar surface area (TPSA) is 54.9 Å². The number of pyridine rings is 1. The molecule has 0 radical (unpaired) electrons. The van der Waals surface area contributed by atoms with Gasteiger partial charge in [-0.1, -0.05) is 18.6 Å². The second-order valence-corrected chi connectivity index (χ2v) is 8.54. The molecule has 3 heterocycles. The van der Waals surface area contributed by atoms with Crippen LogP contribution in [0.3, 0.4) is 0 Å². The van der Waals surface area contributed by atoms with E-state index in [2.05, 4.69) is 16.0 Å². The van der Waals surface area contributed by atoms with Crippen LogP contribution in [0.4, 0.5) is 0 Å². The van der Waals surface area contributed by atoms with Gasteiger partial charge in [0, 0.05) is 51.0 Å². The molecule has 31 heavy (non-hydrogen) atoms. The lowest BCUT2D eigenvalue weighted by Gasteiger charge is -2.38. The quantitative estimate of drug-likeness (QED) is 0.755. The van der Waals surface area contributed by atoms with Crippen molar-refractivity contribution in [3.05, 3.63) is 59.9 Å². The average Bonchev–Trinajstić information content (AvgIpc) is 2.81. The van der Waals surface area contributed by atoms with Gasteiger partial charge in [0.1, 0.15) is 12.4 Å². The van der Waals surface area contributed by atoms with Crippen LogP contribution in [0.25, 0.3) is 0 Å². The van der Waals surface area contributed by atoms with Gasteiger partial charge in [0.15, 0.2) is 0 Å². The van der Waals surface area contributed by atoms with Crippen molar-refractivity contribution in [3.8, 4) is 5.75 Å². The van der Waals surface area contributed by atoms with Gasteiger partial charge in [0.05, 0.1) is 11.8 Å². The van der Waals surface area contributed by atoms with Crippen molar-refractivity contribution in [1.82, 2.24) is 14.8 Å². The van der Waals surface area contributed by atoms with Crippen molar-refractivity contribution in [2.75, 3.05) is 39.9 Å². The summed E-state index contributed by atoms with van der Waals surface area (Å²) in [4.78, 5) is 22.0. The molecule has 2 aliphatic heterocycles. The Balaban J connectivity index is 1.50. The first-order chi connectivity index (χ1) is 15.2. The fourth-order valence-electron chi connectivity index (χ4n) is 4.71. The summed E-state index contributed by atoms with van der Waals surface area (Å²) < 4.78 is 11.8. The molecule has 0 spiro atoms. The summed E-state index contributed by atoms with van der Waals surface area (Å²) in [5, 5.41) is 0. The fraction of sp³-hybridized carbons (Fsp3) is 0.520. The Kier molecular flexibility index (Phi) is 7.54. The Morgan fingerprint density at radius 3 is 2.87 bits per heavy atom. The third kappa shape index (κ3) is 5.83. The molecule has 0 unspecified atom stereocenters. The highest BCUT2D eigenvalue weighted by atomic mass is 16.5. The Bertz CT molecular complexity index is 845. The number of hydrogen-bond donors (Lipinski definition) is 0. The molecule has 6 heteroatoms. The smallest absolute Gasteiger partial charge is 0.254 e. The lowest BCUT2D eigenvalue weighted by atomic mass is 9.89. The van der Waals surface area contributed by atoms with Crippen LogP contribution >= 0.6 is 0 Å². The summed E-state index contributed by atoms with van der Waals surface area (Å²) in [7, 11) is 1.80. The molecule has 2 aliphatic rings. The number of ether oxygens (including phenoxy) is 2. The molecular formula is C25H33N3O3. The fourth-order valence-corrected chi connectivity index (χ4v) is 4.71. The molecule has 1 aromatic heterocycles. The zero-order valence-corrected chi connectivity index (χ0v) is 18.4. The van der Waals surface area contributed by atoms with E-state index in [1.165, 1.54) is 0 Å². The Hall–Kier alpha value is -2.44. The van der Waals surface area contributed by atoms with Gasteiger partial charge in [0.2, 0.25) is 0 Å². The van der Waals surface area contributed by atoms with Gasteiger partial charge < -0.3 is 14.4 Å². The minimum atomic E-state index is 0.0941.